The van der Waals surface area contributed by atoms with Gasteiger partial charge in [-0.1, -0.05) is 83.9 Å². The Bertz CT molecular complexity index is 5270. The van der Waals surface area contributed by atoms with Gasteiger partial charge in [-0.2, -0.15) is 0 Å². The average Bonchev–Trinajstić information content (AvgIpc) is 1.57. The highest BCUT2D eigenvalue weighted by Crippen LogP contribution is 2.43. The number of fused-ring (bicyclic) bond motifs is 4. The van der Waals surface area contributed by atoms with E-state index in [0.717, 1.165) is 336 Å². The monoisotopic (exact) mass is 2010 g/mol. The lowest BCUT2D eigenvalue weighted by molar-refractivity contribution is -0.144. The van der Waals surface area contributed by atoms with Crippen molar-refractivity contribution < 1.29 is 86.3 Å². The van der Waals surface area contributed by atoms with Crippen LogP contribution in [0.2, 0.25) is 0 Å². The van der Waals surface area contributed by atoms with Gasteiger partial charge in [0.2, 0.25) is 0 Å². The van der Waals surface area contributed by atoms with E-state index in [-0.39, 0.29) is 48.5 Å². The van der Waals surface area contributed by atoms with Gasteiger partial charge in [-0.15, -0.1) is 0 Å². The zero-order valence-corrected chi connectivity index (χ0v) is 85.7. The number of benzene rings is 4. The molecule has 12 atom stereocenters. The zero-order chi connectivity index (χ0) is 101. The number of aryl methyl sites for hydroxylation is 10. The molecule has 28 nitrogen and oxygen atoms in total. The molecule has 0 unspecified atom stereocenters. The Morgan fingerprint density at radius 2 is 0.644 bits per heavy atom. The van der Waals surface area contributed by atoms with Crippen molar-refractivity contribution >= 4 is 47.1 Å². The van der Waals surface area contributed by atoms with E-state index in [1.54, 1.807) is 12.1 Å². The summed E-state index contributed by atoms with van der Waals surface area (Å²) in [6, 6.07) is 35.8. The molecule has 0 amide bonds. The van der Waals surface area contributed by atoms with Crippen LogP contribution in [0, 0.1) is 25.5 Å². The fourth-order valence-electron chi connectivity index (χ4n) is 23.4. The van der Waals surface area contributed by atoms with Crippen LogP contribution in [0.25, 0.3) is 0 Å². The number of pyridine rings is 4. The number of hydrogen-bond donors (Lipinski definition) is 8. The first-order valence-electron chi connectivity index (χ1n) is 54.8. The number of nitrogens with one attached hydrogen (secondary N) is 4. The normalized spacial score (nSPS) is 22.8. The predicted octanol–water partition coefficient (Wildman–Crippen LogP) is 19.1. The van der Waals surface area contributed by atoms with E-state index < -0.39 is 59.7 Å². The van der Waals surface area contributed by atoms with Crippen LogP contribution >= 0.6 is 0 Å². The van der Waals surface area contributed by atoms with E-state index in [2.05, 4.69) is 116 Å². The molecule has 0 aliphatic carbocycles. The van der Waals surface area contributed by atoms with Crippen LogP contribution in [0.1, 0.15) is 303 Å². The first-order valence-corrected chi connectivity index (χ1v) is 54.8. The molecule has 8 aromatic rings. The largest absolute Gasteiger partial charge is 0.480 e. The maximum Gasteiger partial charge on any atom is 0.325 e. The van der Waals surface area contributed by atoms with Crippen LogP contribution in [0.15, 0.2) is 121 Å². The zero-order valence-electron chi connectivity index (χ0n) is 85.7. The third-order valence-electron chi connectivity index (χ3n) is 31.2. The first-order chi connectivity index (χ1) is 71.3. The molecule has 20 rings (SSSR count). The van der Waals surface area contributed by atoms with E-state index >= 15 is 0 Å². The molecule has 0 spiro atoms. The van der Waals surface area contributed by atoms with Gasteiger partial charge in [-0.25, -0.2) is 28.7 Å². The number of rotatable bonds is 40. The van der Waals surface area contributed by atoms with Crippen molar-refractivity contribution in [2.24, 2.45) is 0 Å². The molecule has 0 bridgehead atoms. The van der Waals surface area contributed by atoms with E-state index in [1.807, 2.05) is 23.6 Å². The van der Waals surface area contributed by atoms with Crippen LogP contribution in [-0.2, 0) is 108 Å². The fourth-order valence-corrected chi connectivity index (χ4v) is 23.4. The number of anilines is 4. The Morgan fingerprint density at radius 1 is 0.349 bits per heavy atom. The maximum absolute atomic E-state index is 14.3. The highest BCUT2D eigenvalue weighted by molar-refractivity contribution is 5.79. The lowest BCUT2D eigenvalue weighted by Crippen LogP contribution is -2.34. The van der Waals surface area contributed by atoms with Crippen molar-refractivity contribution in [1.29, 1.82) is 0 Å². The molecular formula is C116H154F2N12O16. The summed E-state index contributed by atoms with van der Waals surface area (Å²) >= 11 is 0. The van der Waals surface area contributed by atoms with E-state index in [9.17, 15) is 48.4 Å². The third kappa shape index (κ3) is 29.4. The second-order valence-electron chi connectivity index (χ2n) is 41.9. The number of carboxylic acid groups (broad SMARTS) is 4. The molecule has 8 fully saturated rings. The lowest BCUT2D eigenvalue weighted by Gasteiger charge is -2.30. The van der Waals surface area contributed by atoms with E-state index in [0.29, 0.717) is 103 Å². The van der Waals surface area contributed by atoms with E-state index in [4.69, 9.17) is 57.8 Å². The van der Waals surface area contributed by atoms with Gasteiger partial charge in [0.15, 0.2) is 0 Å². The number of carboxylic acids is 4. The van der Waals surface area contributed by atoms with Gasteiger partial charge in [-0.3, -0.25) is 38.8 Å². The van der Waals surface area contributed by atoms with Crippen molar-refractivity contribution in [3.05, 3.63) is 234 Å². The van der Waals surface area contributed by atoms with Gasteiger partial charge < -0.3 is 79.6 Å². The molecule has 30 heteroatoms. The summed E-state index contributed by atoms with van der Waals surface area (Å²) in [7, 11) is 0. The number of likely N-dealkylation sites (tertiary alicyclic amines) is 4. The maximum atomic E-state index is 14.3. The number of nitrogens with zero attached hydrogens (tertiary/aromatic N) is 8. The Kier molecular flexibility index (Phi) is 39.6. The Labute approximate surface area is 859 Å². The molecular weight excluding hydrogens is 1860 g/mol. The van der Waals surface area contributed by atoms with Crippen molar-refractivity contribution in [3.63, 3.8) is 0 Å². The van der Waals surface area contributed by atoms with E-state index in [1.165, 1.54) is 59.4 Å². The predicted molar refractivity (Wildman–Crippen MR) is 558 cm³/mol. The molecule has 788 valence electrons. The number of ether oxygens (including phenoxy) is 8. The van der Waals surface area contributed by atoms with Gasteiger partial charge in [-0.05, 0) is 335 Å². The first kappa shape index (κ1) is 107. The Hall–Kier alpha value is -10.1. The quantitative estimate of drug-likeness (QED) is 0.0165. The minimum Gasteiger partial charge on any atom is -0.480 e. The molecule has 16 heterocycles. The van der Waals surface area contributed by atoms with Crippen LogP contribution < -0.4 is 21.3 Å². The second-order valence-corrected chi connectivity index (χ2v) is 41.9. The number of hydrogen-bond acceptors (Lipinski definition) is 24. The average molecular weight is 2010 g/mol. The molecule has 8 N–H and O–H groups in total. The second kappa shape index (κ2) is 53.9. The lowest BCUT2D eigenvalue weighted by atomic mass is 9.88. The summed E-state index contributed by atoms with van der Waals surface area (Å²) in [5.41, 5.74) is 18.6. The van der Waals surface area contributed by atoms with Gasteiger partial charge >= 0.3 is 23.9 Å². The van der Waals surface area contributed by atoms with Crippen LogP contribution in [0.3, 0.4) is 0 Å². The molecule has 4 aromatic carbocycles. The number of halogens is 2. The summed E-state index contributed by atoms with van der Waals surface area (Å²) in [6.07, 6.45) is 31.4. The van der Waals surface area contributed by atoms with Gasteiger partial charge in [0.1, 0.15) is 59.1 Å². The molecule has 146 heavy (non-hydrogen) atoms. The summed E-state index contributed by atoms with van der Waals surface area (Å²) < 4.78 is 76.2. The molecule has 0 saturated carbocycles. The van der Waals surface area contributed by atoms with Crippen molar-refractivity contribution in [2.45, 2.75) is 292 Å². The highest BCUT2D eigenvalue weighted by Gasteiger charge is 2.43. The topological polar surface area (TPSA) is 336 Å². The molecule has 12 aliphatic heterocycles. The number of aromatic nitrogens is 4. The Morgan fingerprint density at radius 3 is 0.918 bits per heavy atom. The number of unbranched alkanes of at least 4 members (excludes halogenated alkanes) is 4. The van der Waals surface area contributed by atoms with Gasteiger partial charge in [0.25, 0.3) is 0 Å². The minimum absolute atomic E-state index is 0.0177. The van der Waals surface area contributed by atoms with Gasteiger partial charge in [0.05, 0.1) is 49.8 Å². The minimum atomic E-state index is -0.963. The van der Waals surface area contributed by atoms with Crippen molar-refractivity contribution in [3.8, 4) is 0 Å². The summed E-state index contributed by atoms with van der Waals surface area (Å²) in [5.74, 6) is 0.417. The number of aliphatic carboxylic acids is 4. The summed E-state index contributed by atoms with van der Waals surface area (Å²) in [6.45, 7) is 19.9. The molecule has 8 saturated heterocycles. The summed E-state index contributed by atoms with van der Waals surface area (Å²) in [4.78, 5) is 76.8. The molecule has 4 aromatic heterocycles. The fraction of sp³-hybridized carbons (Fsp3) is 0.586. The van der Waals surface area contributed by atoms with Crippen LogP contribution in [0.4, 0.5) is 32.1 Å². The van der Waals surface area contributed by atoms with Crippen molar-refractivity contribution in [1.82, 2.24) is 39.5 Å². The summed E-state index contributed by atoms with van der Waals surface area (Å²) in [5, 5.41) is 54.4. The SMILES string of the molecule is Cc1ccc([C@@H]2CCOC2)c([C@H](C(=O)O)N2CC[C@@H](OCCCCc3ccc4c(n3)NCCC4)C2)c1.Cc1ccc([C@H]2CCOC2)c([C@H](C(=O)O)N2CC[C@@H](OCCCCc3ccc4c(n3)NCCC4)C2)c1.O=C(O)[C@@H](c1cc(F)ccc1[C@@H]1CCCCO1)N1CC[C@@H](OCCCCc2ccc3c(n2)NCCC3)C1.O=C(O)[C@H](c1cc(F)ccc1[C@@H]1CCCCO1)N1CC[C@@H](OCCCCc2ccc3c(n2)NCCC3)C1. The molecule has 12 aliphatic rings. The van der Waals surface area contributed by atoms with Crippen LogP contribution in [-0.4, -0.2) is 253 Å². The Balaban J connectivity index is 0.000000133. The molecule has 0 radical (unpaired) electrons. The highest BCUT2D eigenvalue weighted by atomic mass is 19.1. The standard InChI is InChI=1S/2C29H38FN3O4.2C29H39N3O4/c2*30-21-10-12-24(26-8-2-4-17-37-26)25(18-21)27(29(34)35)33-15-13-23(19-33)36-16-3-1-7-22-11-9-20-6-5-14-31-28(20)32-22;2*1-20-7-10-25(22-12-16-35-19-22)26(17-20)27(29(33)34)32-14-11-24(18-32)36-15-3-2-6-23-9-8-21-5-4-13-30-28(21)31-23/h2*9-12,18,23,26-27H,1-8,13-17,19H2,(H,31,32)(H,34,35);2*7-10,17,22,24,27H,2-6,11-16,18-19H2,1H3,(H,30,31)(H,33,34)/t23-,26+,27+;23-,26+,27-;22-,24+,27+;22-,24-,27-/m1101/s1. The van der Waals surface area contributed by atoms with Gasteiger partial charge in [0, 0.05) is 166 Å². The van der Waals surface area contributed by atoms with Crippen LogP contribution in [0.5, 0.6) is 0 Å². The smallest absolute Gasteiger partial charge is 0.325 e. The third-order valence-corrected chi connectivity index (χ3v) is 31.2. The number of carbonyl (C=O) groups is 4. The van der Waals surface area contributed by atoms with Crippen molar-refractivity contribution in [2.75, 3.05) is 166 Å².